The summed E-state index contributed by atoms with van der Waals surface area (Å²) >= 11 is 0. The Morgan fingerprint density at radius 3 is 2.58 bits per heavy atom. The number of anilines is 1. The molecule has 0 spiro atoms. The fourth-order valence-corrected chi connectivity index (χ4v) is 3.74. The summed E-state index contributed by atoms with van der Waals surface area (Å²) in [7, 11) is 0. The highest BCUT2D eigenvalue weighted by atomic mass is 16.7. The second-order valence-corrected chi connectivity index (χ2v) is 7.59. The largest absolute Gasteiger partial charge is 0.462 e. The summed E-state index contributed by atoms with van der Waals surface area (Å²) in [5.74, 6) is 1.12. The average molecular weight is 425 g/mol. The summed E-state index contributed by atoms with van der Waals surface area (Å²) < 4.78 is 15.8. The smallest absolute Gasteiger partial charge is 0.338 e. The van der Waals surface area contributed by atoms with Crippen molar-refractivity contribution in [2.45, 2.75) is 13.5 Å². The van der Waals surface area contributed by atoms with Crippen molar-refractivity contribution in [3.8, 4) is 11.5 Å². The van der Waals surface area contributed by atoms with Crippen LogP contribution in [0.3, 0.4) is 0 Å². The highest BCUT2D eigenvalue weighted by Crippen LogP contribution is 2.32. The van der Waals surface area contributed by atoms with Gasteiger partial charge in [-0.25, -0.2) is 4.79 Å². The number of hydrogen-bond donors (Lipinski definition) is 1. The number of ether oxygens (including phenoxy) is 3. The number of hydrogen-bond acceptors (Lipinski definition) is 7. The Morgan fingerprint density at radius 2 is 1.77 bits per heavy atom. The van der Waals surface area contributed by atoms with Gasteiger partial charge >= 0.3 is 5.97 Å². The first kappa shape index (κ1) is 21.1. The van der Waals surface area contributed by atoms with Crippen LogP contribution in [0.5, 0.6) is 11.5 Å². The molecule has 0 radical (unpaired) electrons. The fraction of sp³-hybridized carbons (Fsp3) is 0.391. The molecule has 0 bridgehead atoms. The molecular formula is C23H27N3O5. The normalized spacial score (nSPS) is 16.2. The van der Waals surface area contributed by atoms with Crippen LogP contribution in [0.25, 0.3) is 0 Å². The minimum atomic E-state index is -0.391. The van der Waals surface area contributed by atoms with Crippen molar-refractivity contribution < 1.29 is 23.8 Å². The number of esters is 1. The van der Waals surface area contributed by atoms with E-state index in [2.05, 4.69) is 21.2 Å². The standard InChI is InChI=1S/C23H27N3O5/c1-2-29-23(28)18-4-3-5-19(13-18)24-22(27)15-26-10-8-25(9-11-26)14-17-6-7-20-21(12-17)31-16-30-20/h3-7,12-13H,2,8-11,14-16H2,1H3,(H,24,27). The molecule has 0 unspecified atom stereocenters. The van der Waals surface area contributed by atoms with Crippen molar-refractivity contribution in [2.24, 2.45) is 0 Å². The Morgan fingerprint density at radius 1 is 1.00 bits per heavy atom. The summed E-state index contributed by atoms with van der Waals surface area (Å²) in [6.45, 7) is 6.95. The molecule has 164 valence electrons. The summed E-state index contributed by atoms with van der Waals surface area (Å²) in [4.78, 5) is 28.8. The van der Waals surface area contributed by atoms with Crippen molar-refractivity contribution >= 4 is 17.6 Å². The SMILES string of the molecule is CCOC(=O)c1cccc(NC(=O)CN2CCN(Cc3ccc4c(c3)OCO4)CC2)c1. The van der Waals surface area contributed by atoms with E-state index >= 15 is 0 Å². The predicted octanol–water partition coefficient (Wildman–Crippen LogP) is 2.35. The summed E-state index contributed by atoms with van der Waals surface area (Å²) in [5.41, 5.74) is 2.21. The van der Waals surface area contributed by atoms with E-state index in [4.69, 9.17) is 14.2 Å². The molecule has 0 aromatic heterocycles. The van der Waals surface area contributed by atoms with E-state index in [0.717, 1.165) is 44.2 Å². The van der Waals surface area contributed by atoms with Crippen molar-refractivity contribution in [3.63, 3.8) is 0 Å². The van der Waals surface area contributed by atoms with E-state index < -0.39 is 5.97 Å². The quantitative estimate of drug-likeness (QED) is 0.682. The number of nitrogens with zero attached hydrogens (tertiary/aromatic N) is 2. The van der Waals surface area contributed by atoms with Gasteiger partial charge in [0.1, 0.15) is 0 Å². The molecule has 2 heterocycles. The zero-order valence-corrected chi connectivity index (χ0v) is 17.6. The molecule has 8 nitrogen and oxygen atoms in total. The lowest BCUT2D eigenvalue weighted by Crippen LogP contribution is -2.48. The first-order chi connectivity index (χ1) is 15.1. The molecule has 2 aromatic rings. The van der Waals surface area contributed by atoms with E-state index in [0.29, 0.717) is 24.4 Å². The molecule has 2 aliphatic heterocycles. The van der Waals surface area contributed by atoms with Crippen molar-refractivity contribution in [1.29, 1.82) is 0 Å². The van der Waals surface area contributed by atoms with Gasteiger partial charge in [0.05, 0.1) is 18.7 Å². The van der Waals surface area contributed by atoms with E-state index in [1.807, 2.05) is 12.1 Å². The molecule has 31 heavy (non-hydrogen) atoms. The average Bonchev–Trinajstić information content (AvgIpc) is 3.23. The number of rotatable bonds is 7. The maximum absolute atomic E-state index is 12.5. The number of benzene rings is 2. The second kappa shape index (κ2) is 9.80. The van der Waals surface area contributed by atoms with Gasteiger partial charge in [-0.3, -0.25) is 14.6 Å². The zero-order valence-electron chi connectivity index (χ0n) is 17.6. The van der Waals surface area contributed by atoms with Gasteiger partial charge < -0.3 is 19.5 Å². The van der Waals surface area contributed by atoms with Gasteiger partial charge in [0, 0.05) is 38.4 Å². The predicted molar refractivity (Wildman–Crippen MR) is 115 cm³/mol. The first-order valence-corrected chi connectivity index (χ1v) is 10.5. The van der Waals surface area contributed by atoms with Gasteiger partial charge in [0.15, 0.2) is 11.5 Å². The molecule has 1 fully saturated rings. The third-order valence-corrected chi connectivity index (χ3v) is 5.33. The molecule has 8 heteroatoms. The van der Waals surface area contributed by atoms with Gasteiger partial charge in [-0.15, -0.1) is 0 Å². The van der Waals surface area contributed by atoms with Gasteiger partial charge in [-0.2, -0.15) is 0 Å². The molecule has 1 N–H and O–H groups in total. The lowest BCUT2D eigenvalue weighted by Gasteiger charge is -2.34. The van der Waals surface area contributed by atoms with Crippen LogP contribution in [0.1, 0.15) is 22.8 Å². The van der Waals surface area contributed by atoms with Crippen molar-refractivity contribution in [2.75, 3.05) is 51.4 Å². The summed E-state index contributed by atoms with van der Waals surface area (Å²) in [6, 6.07) is 12.9. The number of carbonyl (C=O) groups excluding carboxylic acids is 2. The highest BCUT2D eigenvalue weighted by molar-refractivity contribution is 5.95. The third kappa shape index (κ3) is 5.53. The number of piperazine rings is 1. The number of amides is 1. The van der Waals surface area contributed by atoms with Crippen LogP contribution < -0.4 is 14.8 Å². The summed E-state index contributed by atoms with van der Waals surface area (Å²) in [6.07, 6.45) is 0. The maximum Gasteiger partial charge on any atom is 0.338 e. The molecule has 0 aliphatic carbocycles. The van der Waals surface area contributed by atoms with Crippen LogP contribution in [-0.2, 0) is 16.1 Å². The monoisotopic (exact) mass is 425 g/mol. The van der Waals surface area contributed by atoms with E-state index in [1.54, 1.807) is 31.2 Å². The third-order valence-electron chi connectivity index (χ3n) is 5.33. The Labute approximate surface area is 181 Å². The fourth-order valence-electron chi connectivity index (χ4n) is 3.74. The molecule has 2 aliphatic rings. The lowest BCUT2D eigenvalue weighted by molar-refractivity contribution is -0.117. The molecule has 0 atom stereocenters. The van der Waals surface area contributed by atoms with Crippen LogP contribution in [0.2, 0.25) is 0 Å². The number of carbonyl (C=O) groups is 2. The van der Waals surface area contributed by atoms with Crippen LogP contribution in [0.4, 0.5) is 5.69 Å². The molecular weight excluding hydrogens is 398 g/mol. The van der Waals surface area contributed by atoms with Crippen molar-refractivity contribution in [1.82, 2.24) is 9.80 Å². The molecule has 2 aromatic carbocycles. The maximum atomic E-state index is 12.5. The molecule has 1 saturated heterocycles. The second-order valence-electron chi connectivity index (χ2n) is 7.59. The lowest BCUT2D eigenvalue weighted by atomic mass is 10.1. The molecule has 4 rings (SSSR count). The van der Waals surface area contributed by atoms with Gasteiger partial charge in [-0.1, -0.05) is 12.1 Å². The van der Waals surface area contributed by atoms with Gasteiger partial charge in [0.25, 0.3) is 0 Å². The van der Waals surface area contributed by atoms with Crippen LogP contribution in [0, 0.1) is 0 Å². The first-order valence-electron chi connectivity index (χ1n) is 10.5. The minimum absolute atomic E-state index is 0.0924. The Kier molecular flexibility index (Phi) is 6.69. The zero-order chi connectivity index (χ0) is 21.6. The van der Waals surface area contributed by atoms with Gasteiger partial charge in [-0.05, 0) is 42.8 Å². The molecule has 0 saturated carbocycles. The highest BCUT2D eigenvalue weighted by Gasteiger charge is 2.20. The topological polar surface area (TPSA) is 80.3 Å². The molecule has 1 amide bonds. The summed E-state index contributed by atoms with van der Waals surface area (Å²) in [5, 5.41) is 2.87. The minimum Gasteiger partial charge on any atom is -0.462 e. The van der Waals surface area contributed by atoms with E-state index in [9.17, 15) is 9.59 Å². The Hall–Kier alpha value is -3.10. The number of nitrogens with one attached hydrogen (secondary N) is 1. The van der Waals surface area contributed by atoms with Crippen LogP contribution in [-0.4, -0.2) is 67.8 Å². The Bertz CT molecular complexity index is 941. The van der Waals surface area contributed by atoms with E-state index in [1.165, 1.54) is 5.56 Å². The number of fused-ring (bicyclic) bond motifs is 1. The van der Waals surface area contributed by atoms with E-state index in [-0.39, 0.29) is 12.7 Å². The Balaban J connectivity index is 1.23. The van der Waals surface area contributed by atoms with Crippen LogP contribution >= 0.6 is 0 Å². The van der Waals surface area contributed by atoms with Gasteiger partial charge in [0.2, 0.25) is 12.7 Å². The van der Waals surface area contributed by atoms with Crippen molar-refractivity contribution in [3.05, 3.63) is 53.6 Å². The van der Waals surface area contributed by atoms with Crippen LogP contribution in [0.15, 0.2) is 42.5 Å².